The molecule has 1 fully saturated rings. The molecule has 1 amide bonds. The predicted molar refractivity (Wildman–Crippen MR) is 69.6 cm³/mol. The highest BCUT2D eigenvalue weighted by molar-refractivity contribution is 6.43. The Morgan fingerprint density at radius 1 is 1.41 bits per heavy atom. The van der Waals surface area contributed by atoms with Gasteiger partial charge in [-0.2, -0.15) is 0 Å². The van der Waals surface area contributed by atoms with Gasteiger partial charge in [-0.3, -0.25) is 4.79 Å². The number of nitrogens with two attached hydrogens (primary N) is 1. The number of hydrogen-bond donors (Lipinski definition) is 1. The lowest BCUT2D eigenvalue weighted by molar-refractivity contribution is 0.0709. The second-order valence-electron chi connectivity index (χ2n) is 4.25. The highest BCUT2D eigenvalue weighted by atomic mass is 35.5. The van der Waals surface area contributed by atoms with E-state index in [1.54, 1.807) is 23.1 Å². The molecule has 2 rings (SSSR count). The monoisotopic (exact) mass is 272 g/mol. The van der Waals surface area contributed by atoms with Crippen LogP contribution in [0.2, 0.25) is 10.0 Å². The topological polar surface area (TPSA) is 46.3 Å². The number of carbonyl (C=O) groups is 1. The van der Waals surface area contributed by atoms with Crippen molar-refractivity contribution in [2.75, 3.05) is 13.1 Å². The molecule has 1 aliphatic rings. The number of hydrogen-bond acceptors (Lipinski definition) is 2. The minimum atomic E-state index is -0.0901. The van der Waals surface area contributed by atoms with Gasteiger partial charge in [0.05, 0.1) is 15.6 Å². The Morgan fingerprint density at radius 3 is 2.88 bits per heavy atom. The Morgan fingerprint density at radius 2 is 2.18 bits per heavy atom. The van der Waals surface area contributed by atoms with Crippen LogP contribution in [-0.2, 0) is 0 Å². The Balaban J connectivity index is 2.22. The smallest absolute Gasteiger partial charge is 0.255 e. The SMILES string of the molecule is NC1CCCN(C(=O)c2cccc(Cl)c2Cl)C1. The lowest BCUT2D eigenvalue weighted by Crippen LogP contribution is -2.45. The van der Waals surface area contributed by atoms with Gasteiger partial charge in [0.2, 0.25) is 0 Å². The van der Waals surface area contributed by atoms with Gasteiger partial charge < -0.3 is 10.6 Å². The molecule has 0 radical (unpaired) electrons. The van der Waals surface area contributed by atoms with Crippen LogP contribution in [0.5, 0.6) is 0 Å². The first-order chi connectivity index (χ1) is 8.09. The standard InChI is InChI=1S/C12H14Cl2N2O/c13-10-5-1-4-9(11(10)14)12(17)16-6-2-3-8(15)7-16/h1,4-5,8H,2-3,6-7,15H2. The van der Waals surface area contributed by atoms with E-state index in [1.165, 1.54) is 0 Å². The lowest BCUT2D eigenvalue weighted by atomic mass is 10.1. The zero-order valence-corrected chi connectivity index (χ0v) is 10.8. The number of likely N-dealkylation sites (tertiary alicyclic amines) is 1. The average molecular weight is 273 g/mol. The maximum Gasteiger partial charge on any atom is 0.255 e. The van der Waals surface area contributed by atoms with E-state index in [0.29, 0.717) is 22.2 Å². The number of halogens is 2. The summed E-state index contributed by atoms with van der Waals surface area (Å²) in [7, 11) is 0. The first kappa shape index (κ1) is 12.7. The minimum Gasteiger partial charge on any atom is -0.337 e. The molecule has 3 nitrogen and oxygen atoms in total. The molecular formula is C12H14Cl2N2O. The fourth-order valence-electron chi connectivity index (χ4n) is 2.03. The summed E-state index contributed by atoms with van der Waals surface area (Å²) in [6.07, 6.45) is 1.90. The zero-order valence-electron chi connectivity index (χ0n) is 9.33. The van der Waals surface area contributed by atoms with Gasteiger partial charge in [0.25, 0.3) is 5.91 Å². The van der Waals surface area contributed by atoms with Gasteiger partial charge >= 0.3 is 0 Å². The van der Waals surface area contributed by atoms with E-state index in [0.717, 1.165) is 19.4 Å². The Kier molecular flexibility index (Phi) is 3.92. The first-order valence-electron chi connectivity index (χ1n) is 5.58. The van der Waals surface area contributed by atoms with Crippen molar-refractivity contribution < 1.29 is 4.79 Å². The Hall–Kier alpha value is -0.770. The molecule has 1 atom stereocenters. The van der Waals surface area contributed by atoms with Crippen molar-refractivity contribution >= 4 is 29.1 Å². The maximum absolute atomic E-state index is 12.2. The molecule has 1 aromatic carbocycles. The molecule has 2 N–H and O–H groups in total. The molecule has 0 aliphatic carbocycles. The van der Waals surface area contributed by atoms with E-state index >= 15 is 0 Å². The summed E-state index contributed by atoms with van der Waals surface area (Å²) in [4.78, 5) is 14.0. The zero-order chi connectivity index (χ0) is 12.4. The third-order valence-electron chi connectivity index (χ3n) is 2.93. The summed E-state index contributed by atoms with van der Waals surface area (Å²) in [6, 6.07) is 5.15. The van der Waals surface area contributed by atoms with Gasteiger partial charge in [0.1, 0.15) is 0 Å². The molecule has 0 saturated carbocycles. The van der Waals surface area contributed by atoms with Crippen molar-refractivity contribution in [1.82, 2.24) is 4.90 Å². The quantitative estimate of drug-likeness (QED) is 0.854. The van der Waals surface area contributed by atoms with Crippen LogP contribution in [0.15, 0.2) is 18.2 Å². The van der Waals surface area contributed by atoms with Crippen molar-refractivity contribution in [2.24, 2.45) is 5.73 Å². The molecule has 0 aromatic heterocycles. The van der Waals surface area contributed by atoms with E-state index < -0.39 is 0 Å². The molecule has 1 aromatic rings. The highest BCUT2D eigenvalue weighted by Gasteiger charge is 2.24. The number of amides is 1. The van der Waals surface area contributed by atoms with E-state index in [9.17, 15) is 4.79 Å². The molecule has 92 valence electrons. The van der Waals surface area contributed by atoms with Gasteiger partial charge in [0, 0.05) is 19.1 Å². The highest BCUT2D eigenvalue weighted by Crippen LogP contribution is 2.27. The summed E-state index contributed by atoms with van der Waals surface area (Å²) in [6.45, 7) is 1.32. The van der Waals surface area contributed by atoms with Crippen LogP contribution < -0.4 is 5.73 Å². The van der Waals surface area contributed by atoms with Gasteiger partial charge in [0.15, 0.2) is 0 Å². The van der Waals surface area contributed by atoms with Crippen molar-refractivity contribution in [3.8, 4) is 0 Å². The van der Waals surface area contributed by atoms with Crippen LogP contribution in [0.3, 0.4) is 0 Å². The summed E-state index contributed by atoms with van der Waals surface area (Å²) < 4.78 is 0. The molecule has 0 spiro atoms. The predicted octanol–water partition coefficient (Wildman–Crippen LogP) is 2.56. The van der Waals surface area contributed by atoms with Gasteiger partial charge in [-0.25, -0.2) is 0 Å². The maximum atomic E-state index is 12.2. The fourth-order valence-corrected chi connectivity index (χ4v) is 2.42. The Bertz CT molecular complexity index is 437. The van der Waals surface area contributed by atoms with E-state index in [-0.39, 0.29) is 11.9 Å². The summed E-state index contributed by atoms with van der Waals surface area (Å²) in [5.74, 6) is -0.0901. The second kappa shape index (κ2) is 5.25. The van der Waals surface area contributed by atoms with Crippen LogP contribution >= 0.6 is 23.2 Å². The van der Waals surface area contributed by atoms with E-state index in [2.05, 4.69) is 0 Å². The number of rotatable bonds is 1. The van der Waals surface area contributed by atoms with E-state index in [1.807, 2.05) is 0 Å². The molecule has 17 heavy (non-hydrogen) atoms. The molecule has 1 saturated heterocycles. The minimum absolute atomic E-state index is 0.0608. The van der Waals surface area contributed by atoms with Crippen molar-refractivity contribution in [2.45, 2.75) is 18.9 Å². The number of carbonyl (C=O) groups excluding carboxylic acids is 1. The van der Waals surface area contributed by atoms with Gasteiger partial charge in [-0.15, -0.1) is 0 Å². The third-order valence-corrected chi connectivity index (χ3v) is 3.75. The molecule has 1 aliphatic heterocycles. The van der Waals surface area contributed by atoms with Crippen LogP contribution in [0, 0.1) is 0 Å². The first-order valence-corrected chi connectivity index (χ1v) is 6.34. The number of benzene rings is 1. The van der Waals surface area contributed by atoms with Crippen molar-refractivity contribution in [3.05, 3.63) is 33.8 Å². The summed E-state index contributed by atoms with van der Waals surface area (Å²) in [5, 5.41) is 0.720. The second-order valence-corrected chi connectivity index (χ2v) is 5.04. The normalized spacial score (nSPS) is 20.4. The fraction of sp³-hybridized carbons (Fsp3) is 0.417. The van der Waals surface area contributed by atoms with Crippen LogP contribution in [0.4, 0.5) is 0 Å². The Labute approximate surface area is 110 Å². The molecule has 1 heterocycles. The summed E-state index contributed by atoms with van der Waals surface area (Å²) >= 11 is 11.9. The summed E-state index contributed by atoms with van der Waals surface area (Å²) in [5.41, 5.74) is 6.31. The van der Waals surface area contributed by atoms with E-state index in [4.69, 9.17) is 28.9 Å². The van der Waals surface area contributed by atoms with Crippen molar-refractivity contribution in [3.63, 3.8) is 0 Å². The average Bonchev–Trinajstić information content (AvgIpc) is 2.32. The number of piperidine rings is 1. The van der Waals surface area contributed by atoms with Gasteiger partial charge in [-0.05, 0) is 25.0 Å². The van der Waals surface area contributed by atoms with Crippen LogP contribution in [0.25, 0.3) is 0 Å². The van der Waals surface area contributed by atoms with Crippen LogP contribution in [-0.4, -0.2) is 29.9 Å². The third kappa shape index (κ3) is 2.73. The van der Waals surface area contributed by atoms with Crippen molar-refractivity contribution in [1.29, 1.82) is 0 Å². The van der Waals surface area contributed by atoms with Crippen LogP contribution in [0.1, 0.15) is 23.2 Å². The molecule has 5 heteroatoms. The molecule has 1 unspecified atom stereocenters. The molecular weight excluding hydrogens is 259 g/mol. The largest absolute Gasteiger partial charge is 0.337 e. The number of nitrogens with zero attached hydrogens (tertiary/aromatic N) is 1. The van der Waals surface area contributed by atoms with Gasteiger partial charge in [-0.1, -0.05) is 29.3 Å². The lowest BCUT2D eigenvalue weighted by Gasteiger charge is -2.31. The molecule has 0 bridgehead atoms.